The third kappa shape index (κ3) is 5.17. The van der Waals surface area contributed by atoms with Crippen LogP contribution in [0.25, 0.3) is 11.2 Å². The molecule has 2 heterocycles. The number of carbonyl (C=O) groups excluding carboxylic acids is 1. The summed E-state index contributed by atoms with van der Waals surface area (Å²) >= 11 is 5.94. The van der Waals surface area contributed by atoms with Crippen LogP contribution in [0.15, 0.2) is 60.8 Å². The van der Waals surface area contributed by atoms with E-state index in [2.05, 4.69) is 15.3 Å². The molecule has 4 aromatic rings. The smallest absolute Gasteiger partial charge is 0.220 e. The van der Waals surface area contributed by atoms with Crippen molar-refractivity contribution in [3.63, 3.8) is 0 Å². The number of hydrogen-bond donors (Lipinski definition) is 1. The predicted octanol–water partition coefficient (Wildman–Crippen LogP) is 3.88. The molecule has 0 fully saturated rings. The Labute approximate surface area is 192 Å². The number of pyridine rings is 1. The molecule has 0 aliphatic heterocycles. The third-order valence-corrected chi connectivity index (χ3v) is 5.51. The fourth-order valence-corrected chi connectivity index (χ4v) is 3.70. The molecule has 0 unspecified atom stereocenters. The number of amides is 1. The van der Waals surface area contributed by atoms with Gasteiger partial charge in [-0.2, -0.15) is 0 Å². The lowest BCUT2D eigenvalue weighted by atomic mass is 9.99. The van der Waals surface area contributed by atoms with Gasteiger partial charge >= 0.3 is 0 Å². The lowest BCUT2D eigenvalue weighted by Gasteiger charge is -2.15. The predicted molar refractivity (Wildman–Crippen MR) is 125 cm³/mol. The molecular formula is C24H21BClFN4O. The summed E-state index contributed by atoms with van der Waals surface area (Å²) in [5, 5.41) is 3.66. The molecule has 32 heavy (non-hydrogen) atoms. The van der Waals surface area contributed by atoms with E-state index in [1.807, 2.05) is 23.6 Å². The van der Waals surface area contributed by atoms with Crippen molar-refractivity contribution in [3.8, 4) is 0 Å². The summed E-state index contributed by atoms with van der Waals surface area (Å²) in [6.07, 6.45) is 2.27. The van der Waals surface area contributed by atoms with Crippen molar-refractivity contribution in [1.82, 2.24) is 19.9 Å². The van der Waals surface area contributed by atoms with Crippen molar-refractivity contribution < 1.29 is 9.18 Å². The average molecular weight is 447 g/mol. The number of carbonyl (C=O) groups is 1. The Morgan fingerprint density at radius 2 is 1.91 bits per heavy atom. The maximum atomic E-state index is 13.3. The minimum atomic E-state index is -0.290. The Kier molecular flexibility index (Phi) is 6.56. The van der Waals surface area contributed by atoms with Gasteiger partial charge in [-0.05, 0) is 48.4 Å². The van der Waals surface area contributed by atoms with Gasteiger partial charge in [0, 0.05) is 24.1 Å². The minimum absolute atomic E-state index is 0.0830. The summed E-state index contributed by atoms with van der Waals surface area (Å²) in [6, 6.07) is 15.3. The van der Waals surface area contributed by atoms with Crippen LogP contribution in [0.5, 0.6) is 0 Å². The first-order chi connectivity index (χ1) is 15.4. The van der Waals surface area contributed by atoms with E-state index < -0.39 is 0 Å². The molecule has 0 saturated heterocycles. The molecule has 8 heteroatoms. The molecule has 1 N–H and O–H groups in total. The molecule has 0 aliphatic carbocycles. The van der Waals surface area contributed by atoms with Gasteiger partial charge in [0.1, 0.15) is 25.0 Å². The normalized spacial score (nSPS) is 12.1. The molecule has 4 rings (SSSR count). The monoisotopic (exact) mass is 446 g/mol. The number of rotatable bonds is 7. The van der Waals surface area contributed by atoms with E-state index in [-0.39, 0.29) is 24.2 Å². The number of imidazole rings is 1. The molecule has 2 aromatic carbocycles. The van der Waals surface area contributed by atoms with Crippen LogP contribution in [-0.2, 0) is 17.8 Å². The summed E-state index contributed by atoms with van der Waals surface area (Å²) in [4.78, 5) is 21.7. The fourth-order valence-electron chi connectivity index (χ4n) is 3.58. The number of nitrogens with one attached hydrogen (secondary N) is 1. The third-order valence-electron chi connectivity index (χ3n) is 5.26. The number of aryl methyl sites for hydroxylation is 1. The highest BCUT2D eigenvalue weighted by Crippen LogP contribution is 2.19. The molecule has 1 amide bonds. The standard InChI is InChI=1S/C24H21BClFN4O/c1-15(17-4-6-19(26)7-5-17)29-23(32)11-10-22-30-21-12-18(25)13-28-24(21)31(22)14-16-2-8-20(27)9-3-16/h2-9,12-13,15H,10-11,14H2,1H3,(H,29,32)/t15-/m0/s1. The van der Waals surface area contributed by atoms with Gasteiger partial charge in [-0.15, -0.1) is 0 Å². The largest absolute Gasteiger partial charge is 0.350 e. The number of benzene rings is 2. The second-order valence-corrected chi connectivity index (χ2v) is 8.13. The first-order valence-corrected chi connectivity index (χ1v) is 10.7. The van der Waals surface area contributed by atoms with Gasteiger partial charge in [0.15, 0.2) is 5.65 Å². The summed E-state index contributed by atoms with van der Waals surface area (Å²) in [7, 11) is 5.87. The van der Waals surface area contributed by atoms with Gasteiger partial charge in [0.05, 0.1) is 12.6 Å². The molecule has 0 spiro atoms. The van der Waals surface area contributed by atoms with Crippen LogP contribution in [0.2, 0.25) is 5.02 Å². The lowest BCUT2D eigenvalue weighted by molar-refractivity contribution is -0.121. The molecule has 0 bridgehead atoms. The zero-order valence-electron chi connectivity index (χ0n) is 17.6. The second-order valence-electron chi connectivity index (χ2n) is 7.69. The van der Waals surface area contributed by atoms with Crippen molar-refractivity contribution >= 4 is 42.0 Å². The lowest BCUT2D eigenvalue weighted by Crippen LogP contribution is -2.27. The quantitative estimate of drug-likeness (QED) is 0.438. The molecule has 0 saturated carbocycles. The van der Waals surface area contributed by atoms with E-state index >= 15 is 0 Å². The Morgan fingerprint density at radius 3 is 2.62 bits per heavy atom. The maximum Gasteiger partial charge on any atom is 0.220 e. The van der Waals surface area contributed by atoms with Crippen LogP contribution in [0, 0.1) is 5.82 Å². The van der Waals surface area contributed by atoms with Gasteiger partial charge in [0.2, 0.25) is 5.91 Å². The molecule has 5 nitrogen and oxygen atoms in total. The average Bonchev–Trinajstić information content (AvgIpc) is 3.10. The molecule has 2 radical (unpaired) electrons. The zero-order chi connectivity index (χ0) is 22.7. The summed E-state index contributed by atoms with van der Waals surface area (Å²) in [5.74, 6) is 0.346. The van der Waals surface area contributed by atoms with Crippen molar-refractivity contribution in [2.75, 3.05) is 0 Å². The number of halogens is 2. The first-order valence-electron chi connectivity index (χ1n) is 10.3. The Balaban J connectivity index is 1.50. The molecule has 160 valence electrons. The summed E-state index contributed by atoms with van der Waals surface area (Å²) in [5.41, 5.74) is 3.74. The van der Waals surface area contributed by atoms with E-state index in [1.54, 1.807) is 36.5 Å². The highest BCUT2D eigenvalue weighted by Gasteiger charge is 2.15. The van der Waals surface area contributed by atoms with Crippen molar-refractivity contribution in [2.45, 2.75) is 32.4 Å². The van der Waals surface area contributed by atoms with Crippen molar-refractivity contribution in [2.24, 2.45) is 0 Å². The van der Waals surface area contributed by atoms with E-state index in [0.29, 0.717) is 34.6 Å². The Morgan fingerprint density at radius 1 is 1.19 bits per heavy atom. The van der Waals surface area contributed by atoms with Gasteiger partial charge in [-0.1, -0.05) is 41.3 Å². The molecule has 2 aromatic heterocycles. The summed E-state index contributed by atoms with van der Waals surface area (Å²) < 4.78 is 15.2. The zero-order valence-corrected chi connectivity index (χ0v) is 18.3. The molecule has 0 aliphatic rings. The Bertz CT molecular complexity index is 1240. The second kappa shape index (κ2) is 9.53. The maximum absolute atomic E-state index is 13.3. The highest BCUT2D eigenvalue weighted by atomic mass is 35.5. The number of nitrogens with zero attached hydrogens (tertiary/aromatic N) is 3. The van der Waals surface area contributed by atoms with E-state index in [9.17, 15) is 9.18 Å². The van der Waals surface area contributed by atoms with Crippen LogP contribution in [0.4, 0.5) is 4.39 Å². The van der Waals surface area contributed by atoms with Crippen LogP contribution in [0.3, 0.4) is 0 Å². The van der Waals surface area contributed by atoms with Crippen molar-refractivity contribution in [1.29, 1.82) is 0 Å². The van der Waals surface area contributed by atoms with Crippen molar-refractivity contribution in [3.05, 3.63) is 88.6 Å². The minimum Gasteiger partial charge on any atom is -0.350 e. The number of aromatic nitrogens is 3. The highest BCUT2D eigenvalue weighted by molar-refractivity contribution is 6.32. The van der Waals surface area contributed by atoms with E-state index in [4.69, 9.17) is 19.4 Å². The van der Waals surface area contributed by atoms with Crippen LogP contribution in [-0.4, -0.2) is 28.3 Å². The van der Waals surface area contributed by atoms with Gasteiger partial charge in [-0.25, -0.2) is 14.4 Å². The van der Waals surface area contributed by atoms with Crippen LogP contribution >= 0.6 is 11.6 Å². The fraction of sp³-hybridized carbons (Fsp3) is 0.208. The van der Waals surface area contributed by atoms with Crippen LogP contribution < -0.4 is 10.8 Å². The van der Waals surface area contributed by atoms with Crippen LogP contribution in [0.1, 0.15) is 36.3 Å². The first kappa shape index (κ1) is 22.0. The van der Waals surface area contributed by atoms with E-state index in [0.717, 1.165) is 17.0 Å². The van der Waals surface area contributed by atoms with E-state index in [1.165, 1.54) is 12.1 Å². The topological polar surface area (TPSA) is 59.8 Å². The number of hydrogen-bond acceptors (Lipinski definition) is 3. The SMILES string of the molecule is [B]c1cnc2c(c1)nc(CCC(=O)N[C@@H](C)c1ccc(Cl)cc1)n2Cc1ccc(F)cc1. The molecular weight excluding hydrogens is 426 g/mol. The van der Waals surface area contributed by atoms with Gasteiger partial charge < -0.3 is 9.88 Å². The summed E-state index contributed by atoms with van der Waals surface area (Å²) in [6.45, 7) is 2.39. The number of fused-ring (bicyclic) bond motifs is 1. The van der Waals surface area contributed by atoms with Gasteiger partial charge in [0.25, 0.3) is 0 Å². The van der Waals surface area contributed by atoms with Gasteiger partial charge in [-0.3, -0.25) is 4.79 Å². The molecule has 1 atom stereocenters. The Hall–Kier alpha value is -3.19.